The number of fused-ring (bicyclic) bond motifs is 4. The highest BCUT2D eigenvalue weighted by atomic mass is 32.2. The van der Waals surface area contributed by atoms with E-state index in [0.29, 0.717) is 90.0 Å². The lowest BCUT2D eigenvalue weighted by molar-refractivity contribution is -0.139. The predicted molar refractivity (Wildman–Crippen MR) is 424 cm³/mol. The fraction of sp³-hybridized carbons (Fsp3) is 0.381. The van der Waals surface area contributed by atoms with E-state index in [4.69, 9.17) is 34.0 Å². The molecular formula is C84H96N10O15S2. The highest BCUT2D eigenvalue weighted by Gasteiger charge is 2.62. The minimum atomic E-state index is -4.32. The second kappa shape index (κ2) is 35.9. The zero-order chi connectivity index (χ0) is 78.3. The van der Waals surface area contributed by atoms with Crippen LogP contribution in [-0.4, -0.2) is 148 Å². The van der Waals surface area contributed by atoms with Crippen molar-refractivity contribution in [2.75, 3.05) is 51.0 Å². The summed E-state index contributed by atoms with van der Waals surface area (Å²) in [6.07, 6.45) is 13.8. The first kappa shape index (κ1) is 79.6. The Balaban J connectivity index is 0.000000206. The predicted octanol–water partition coefficient (Wildman–Crippen LogP) is 11.8. The van der Waals surface area contributed by atoms with Crippen LogP contribution in [0, 0.1) is 11.8 Å². The smallest absolute Gasteiger partial charge is 0.303 e. The number of anilines is 2. The average Bonchev–Trinajstić information content (AvgIpc) is 1.58. The molecule has 0 unspecified atom stereocenters. The zero-order valence-corrected chi connectivity index (χ0v) is 64.1. The second-order valence-electron chi connectivity index (χ2n) is 28.8. The quantitative estimate of drug-likeness (QED) is 0.0195. The summed E-state index contributed by atoms with van der Waals surface area (Å²) < 4.78 is 83.2. The molecule has 0 radical (unpaired) electrons. The Morgan fingerprint density at radius 1 is 0.676 bits per heavy atom. The molecule has 1 spiro atoms. The number of carboxylic acid groups (broad SMARTS) is 1. The first-order valence-corrected chi connectivity index (χ1v) is 41.0. The maximum absolute atomic E-state index is 14.3. The molecule has 8 atom stereocenters. The molecule has 2 aromatic heterocycles. The number of nitrogens with one attached hydrogen (secondary N) is 7. The summed E-state index contributed by atoms with van der Waals surface area (Å²) in [6.45, 7) is 9.25. The van der Waals surface area contributed by atoms with Gasteiger partial charge in [0.15, 0.2) is 0 Å². The maximum atomic E-state index is 14.3. The second-order valence-corrected chi connectivity index (χ2v) is 32.2. The summed E-state index contributed by atoms with van der Waals surface area (Å²) in [5.41, 5.74) is 2.34. The van der Waals surface area contributed by atoms with Gasteiger partial charge in [-0.3, -0.25) is 28.8 Å². The van der Waals surface area contributed by atoms with Crippen LogP contribution in [-0.2, 0) is 48.8 Å². The largest absolute Gasteiger partial charge is 0.497 e. The minimum absolute atomic E-state index is 0.0555. The highest BCUT2D eigenvalue weighted by Crippen LogP contribution is 2.47. The Morgan fingerprint density at radius 2 is 1.26 bits per heavy atom. The summed E-state index contributed by atoms with van der Waals surface area (Å²) >= 11 is 0. The van der Waals surface area contributed by atoms with E-state index in [0.717, 1.165) is 91.8 Å². The zero-order valence-electron chi connectivity index (χ0n) is 62.4. The number of benzene rings is 6. The van der Waals surface area contributed by atoms with Crippen LogP contribution in [0.4, 0.5) is 11.4 Å². The third-order valence-corrected chi connectivity index (χ3v) is 23.9. The van der Waals surface area contributed by atoms with Gasteiger partial charge in [-0.05, 0) is 87.1 Å². The van der Waals surface area contributed by atoms with Gasteiger partial charge in [0.05, 0.1) is 60.6 Å². The average molecular weight is 1550 g/mol. The molecule has 0 bridgehead atoms. The number of hydrogen-bond donors (Lipinski definition) is 8. The Morgan fingerprint density at radius 3 is 1.88 bits per heavy atom. The van der Waals surface area contributed by atoms with Gasteiger partial charge in [0.2, 0.25) is 17.7 Å². The lowest BCUT2D eigenvalue weighted by atomic mass is 10.1. The lowest BCUT2D eigenvalue weighted by Crippen LogP contribution is -2.56. The number of aromatic nitrogens is 2. The molecule has 8 aromatic rings. The number of hydrogen-bond acceptors (Lipinski definition) is 19. The number of amides is 5. The molecule has 111 heavy (non-hydrogen) atoms. The van der Waals surface area contributed by atoms with Crippen LogP contribution in [0.25, 0.3) is 44.3 Å². The number of sulfonamides is 2. The van der Waals surface area contributed by atoms with Crippen molar-refractivity contribution < 1.29 is 69.7 Å². The van der Waals surface area contributed by atoms with Gasteiger partial charge in [0, 0.05) is 103 Å². The van der Waals surface area contributed by atoms with Crippen molar-refractivity contribution >= 4 is 88.7 Å². The number of unbranched alkanes of at least 4 members (excludes halogenated alkanes) is 5. The Bertz CT molecular complexity index is 4980. The maximum Gasteiger partial charge on any atom is 0.303 e. The van der Waals surface area contributed by atoms with Gasteiger partial charge in [-0.25, -0.2) is 36.2 Å². The van der Waals surface area contributed by atoms with E-state index in [1.807, 2.05) is 109 Å². The number of para-hydroxylation sites is 2. The third-order valence-electron chi connectivity index (χ3n) is 21.2. The number of carbonyl (C=O) groups excluding carboxylic acids is 5. The van der Waals surface area contributed by atoms with Crippen molar-refractivity contribution in [1.29, 1.82) is 0 Å². The molecule has 2 aliphatic carbocycles. The third kappa shape index (κ3) is 19.3. The van der Waals surface area contributed by atoms with Gasteiger partial charge in [-0.1, -0.05) is 148 Å². The molecule has 25 nitrogen and oxygen atoms in total. The number of aliphatic carboxylic acids is 1. The fourth-order valence-corrected chi connectivity index (χ4v) is 17.2. The topological polar surface area (TPSA) is 341 Å². The van der Waals surface area contributed by atoms with E-state index in [2.05, 4.69) is 49.2 Å². The molecule has 6 aromatic carbocycles. The molecule has 584 valence electrons. The number of methoxy groups -OCH3 is 2. The first-order chi connectivity index (χ1) is 53.6. The molecular weight excluding hydrogens is 1450 g/mol. The summed E-state index contributed by atoms with van der Waals surface area (Å²) in [5, 5.41) is 25.6. The molecule has 5 aliphatic rings. The van der Waals surface area contributed by atoms with Crippen molar-refractivity contribution in [2.24, 2.45) is 11.8 Å². The van der Waals surface area contributed by atoms with Crippen molar-refractivity contribution in [3.05, 3.63) is 183 Å². The van der Waals surface area contributed by atoms with E-state index < -0.39 is 90.7 Å². The van der Waals surface area contributed by atoms with E-state index >= 15 is 0 Å². The standard InChI is InChI=1S/C42H49N5O8S.C42H47N5O7S/c1-3-29-26-42(29,41(51)47-56(52,53)38-18-13-12-17-33(38)43-22-14-7-5-4-6-11-19-39(48)49)46-40(50)36-24-31(27-44-36)55-37-25-34(28-15-9-8-10-16-28)45-35-23-30(54-2)20-21-32(35)37;1-3-29-26-42(29)41(50)46-55(51,52)38-18-13-12-17-33(38)43-22-14-7-5-4-6-11-19-39(48)47-27-31(24-36(47)40(49)45-42)54-37-25-34(28-15-9-8-10-16-28)44-35-23-30(53-2)20-21-32(35)37/h3,8-10,12-13,15-18,20-21,23,25,29,31,36,43-44H,1,4-7,11,14,19,22,24,26-27H2,2H3,(H,46,50)(H,47,51)(H,48,49);3,8-10,12-13,15-18,20-21,23,25,29,31,36,43H,1,4-7,11,14,19,22,24,26-27H2,2H3,(H,45,49)(H,46,50)/t2*29-,31-,36+,42-/m11/s1. The fourth-order valence-electron chi connectivity index (χ4n) is 14.8. The van der Waals surface area contributed by atoms with Gasteiger partial charge in [-0.15, -0.1) is 13.2 Å². The normalized spacial score (nSPS) is 22.5. The Hall–Kier alpha value is -10.9. The Labute approximate surface area is 647 Å². The van der Waals surface area contributed by atoms with Gasteiger partial charge < -0.3 is 55.5 Å². The van der Waals surface area contributed by atoms with Crippen LogP contribution in [0.5, 0.6) is 23.0 Å². The van der Waals surface area contributed by atoms with Crippen LogP contribution < -0.4 is 55.0 Å². The molecule has 4 fully saturated rings. The molecule has 5 heterocycles. The summed E-state index contributed by atoms with van der Waals surface area (Å²) in [7, 11) is -5.45. The van der Waals surface area contributed by atoms with Gasteiger partial charge in [-0.2, -0.15) is 0 Å². The highest BCUT2D eigenvalue weighted by molar-refractivity contribution is 7.90. The van der Waals surface area contributed by atoms with Crippen LogP contribution in [0.15, 0.2) is 193 Å². The summed E-state index contributed by atoms with van der Waals surface area (Å²) in [6, 6.07) is 45.5. The minimum Gasteiger partial charge on any atom is -0.497 e. The van der Waals surface area contributed by atoms with Gasteiger partial charge in [0.25, 0.3) is 31.9 Å². The van der Waals surface area contributed by atoms with Gasteiger partial charge in [0.1, 0.15) is 62.1 Å². The molecule has 27 heteroatoms. The molecule has 2 saturated heterocycles. The monoisotopic (exact) mass is 1550 g/mol. The van der Waals surface area contributed by atoms with Crippen LogP contribution in [0.1, 0.15) is 116 Å². The number of carbonyl (C=O) groups is 6. The number of rotatable bonds is 25. The lowest BCUT2D eigenvalue weighted by Gasteiger charge is -2.26. The van der Waals surface area contributed by atoms with E-state index in [1.54, 1.807) is 61.6 Å². The molecule has 3 aliphatic heterocycles. The van der Waals surface area contributed by atoms with Crippen LogP contribution >= 0.6 is 0 Å². The van der Waals surface area contributed by atoms with Crippen molar-refractivity contribution in [3.63, 3.8) is 0 Å². The summed E-state index contributed by atoms with van der Waals surface area (Å²) in [5.74, 6) is -2.13. The van der Waals surface area contributed by atoms with Crippen molar-refractivity contribution in [2.45, 2.75) is 161 Å². The number of nitrogens with zero attached hydrogens (tertiary/aromatic N) is 3. The van der Waals surface area contributed by atoms with E-state index in [1.165, 1.54) is 18.2 Å². The van der Waals surface area contributed by atoms with Crippen molar-refractivity contribution in [1.82, 2.24) is 40.3 Å². The molecule has 8 N–H and O–H groups in total. The van der Waals surface area contributed by atoms with Gasteiger partial charge >= 0.3 is 5.97 Å². The molecule has 5 amide bonds. The van der Waals surface area contributed by atoms with Crippen molar-refractivity contribution in [3.8, 4) is 45.5 Å². The number of ether oxygens (including phenoxy) is 4. The number of carboxylic acids is 1. The van der Waals surface area contributed by atoms with Crippen LogP contribution in [0.3, 0.4) is 0 Å². The molecule has 13 rings (SSSR count). The van der Waals surface area contributed by atoms with E-state index in [9.17, 15) is 45.6 Å². The number of pyridine rings is 2. The Kier molecular flexibility index (Phi) is 25.7. The SMILES string of the molecule is C=C[C@@H]1C[C@@]12NC(=O)[C@@H]1C[C@@H](Oc3cc(-c4ccccc4)nc4cc(OC)ccc34)CN1C(=O)CCCCCCCCNc1ccccc1S(=O)(=O)NC2=O.C=C[C@@H]1C[C@]1(NC(=O)[C@@H]1C[C@@H](Oc2cc(-c3ccccc3)nc3cc(OC)ccc23)CN1)C(=O)NS(=O)(=O)c1ccccc1NCCCCCCCCC(=O)O. The van der Waals surface area contributed by atoms with Crippen LogP contribution in [0.2, 0.25) is 0 Å². The van der Waals surface area contributed by atoms with E-state index in [-0.39, 0.29) is 60.5 Å². The molecule has 2 saturated carbocycles. The first-order valence-electron chi connectivity index (χ1n) is 38.0. The summed E-state index contributed by atoms with van der Waals surface area (Å²) in [4.78, 5) is 91.4.